The second kappa shape index (κ2) is 10.2. The van der Waals surface area contributed by atoms with Crippen LogP contribution in [0, 0.1) is 5.92 Å². The van der Waals surface area contributed by atoms with E-state index in [-0.39, 0.29) is 11.8 Å². The van der Waals surface area contributed by atoms with Crippen LogP contribution in [0.15, 0.2) is 36.7 Å². The molecule has 1 atom stereocenters. The molecule has 1 unspecified atom stereocenters. The number of piperidine rings is 1. The minimum atomic E-state index is -0.502. The Hall–Kier alpha value is -2.87. The molecule has 8 heteroatoms. The van der Waals surface area contributed by atoms with E-state index >= 15 is 0 Å². The highest BCUT2D eigenvalue weighted by atomic mass is 16.5. The summed E-state index contributed by atoms with van der Waals surface area (Å²) in [6.45, 7) is 4.12. The first kappa shape index (κ1) is 21.8. The standard InChI is InChI=1S/C22H30N4O4/c1-16(30-15-18-5-4-6-20(11-18)29-3)22(28)26-9-7-17(8-10-26)12-23-21(27)19-13-24-25(2)14-19/h4-6,11,13-14,16-17H,7-10,12,15H2,1-3H3,(H,23,27). The van der Waals surface area contributed by atoms with E-state index in [2.05, 4.69) is 10.4 Å². The largest absolute Gasteiger partial charge is 0.497 e. The zero-order chi connectivity index (χ0) is 21.5. The average Bonchev–Trinajstić information content (AvgIpc) is 3.22. The number of nitrogens with one attached hydrogen (secondary N) is 1. The van der Waals surface area contributed by atoms with Crippen molar-refractivity contribution in [1.29, 1.82) is 0 Å². The lowest BCUT2D eigenvalue weighted by atomic mass is 9.96. The number of hydrogen-bond acceptors (Lipinski definition) is 5. The van der Waals surface area contributed by atoms with Gasteiger partial charge < -0.3 is 19.7 Å². The number of benzene rings is 1. The number of aromatic nitrogens is 2. The first-order valence-electron chi connectivity index (χ1n) is 10.3. The van der Waals surface area contributed by atoms with Crippen LogP contribution in [-0.2, 0) is 23.2 Å². The van der Waals surface area contributed by atoms with E-state index in [1.54, 1.807) is 38.2 Å². The van der Waals surface area contributed by atoms with Crippen LogP contribution in [0.4, 0.5) is 0 Å². The van der Waals surface area contributed by atoms with Gasteiger partial charge in [-0.15, -0.1) is 0 Å². The van der Waals surface area contributed by atoms with Crippen LogP contribution in [0.3, 0.4) is 0 Å². The highest BCUT2D eigenvalue weighted by Crippen LogP contribution is 2.19. The third-order valence-electron chi connectivity index (χ3n) is 5.43. The van der Waals surface area contributed by atoms with Crippen molar-refractivity contribution in [3.05, 3.63) is 47.8 Å². The van der Waals surface area contributed by atoms with E-state index in [9.17, 15) is 9.59 Å². The van der Waals surface area contributed by atoms with Gasteiger partial charge in [-0.2, -0.15) is 5.10 Å². The van der Waals surface area contributed by atoms with E-state index in [1.165, 1.54) is 0 Å². The summed E-state index contributed by atoms with van der Waals surface area (Å²) in [5.74, 6) is 1.03. The molecule has 30 heavy (non-hydrogen) atoms. The number of amides is 2. The highest BCUT2D eigenvalue weighted by Gasteiger charge is 2.26. The summed E-state index contributed by atoms with van der Waals surface area (Å²) < 4.78 is 12.6. The Labute approximate surface area is 177 Å². The van der Waals surface area contributed by atoms with Crippen molar-refractivity contribution in [3.63, 3.8) is 0 Å². The number of rotatable bonds is 8. The molecule has 1 aliphatic heterocycles. The molecule has 2 aromatic rings. The van der Waals surface area contributed by atoms with Crippen LogP contribution >= 0.6 is 0 Å². The first-order chi connectivity index (χ1) is 14.5. The van der Waals surface area contributed by atoms with Gasteiger partial charge in [0.15, 0.2) is 0 Å². The van der Waals surface area contributed by atoms with Gasteiger partial charge >= 0.3 is 0 Å². The number of methoxy groups -OCH3 is 1. The zero-order valence-electron chi connectivity index (χ0n) is 17.8. The van der Waals surface area contributed by atoms with Crippen LogP contribution in [0.5, 0.6) is 5.75 Å². The third-order valence-corrected chi connectivity index (χ3v) is 5.43. The monoisotopic (exact) mass is 414 g/mol. The molecule has 1 N–H and O–H groups in total. The maximum absolute atomic E-state index is 12.7. The maximum Gasteiger partial charge on any atom is 0.254 e. The predicted octanol–water partition coefficient (Wildman–Crippen LogP) is 2.00. The smallest absolute Gasteiger partial charge is 0.254 e. The van der Waals surface area contributed by atoms with Gasteiger partial charge in [0.05, 0.1) is 25.5 Å². The lowest BCUT2D eigenvalue weighted by Crippen LogP contribution is -2.45. The van der Waals surface area contributed by atoms with Gasteiger partial charge in [0, 0.05) is 32.9 Å². The van der Waals surface area contributed by atoms with Gasteiger partial charge in [-0.05, 0) is 43.4 Å². The molecule has 0 radical (unpaired) electrons. The molecule has 1 fully saturated rings. The van der Waals surface area contributed by atoms with Crippen molar-refractivity contribution in [3.8, 4) is 5.75 Å². The van der Waals surface area contributed by atoms with Gasteiger partial charge in [0.25, 0.3) is 11.8 Å². The zero-order valence-corrected chi connectivity index (χ0v) is 17.8. The van der Waals surface area contributed by atoms with Crippen molar-refractivity contribution in [2.75, 3.05) is 26.7 Å². The topological polar surface area (TPSA) is 85.7 Å². The molecule has 0 bridgehead atoms. The van der Waals surface area contributed by atoms with Crippen molar-refractivity contribution >= 4 is 11.8 Å². The Morgan fingerprint density at radius 3 is 2.73 bits per heavy atom. The lowest BCUT2D eigenvalue weighted by molar-refractivity contribution is -0.144. The summed E-state index contributed by atoms with van der Waals surface area (Å²) in [5, 5.41) is 6.98. The van der Waals surface area contributed by atoms with Crippen LogP contribution in [0.1, 0.15) is 35.7 Å². The maximum atomic E-state index is 12.7. The summed E-state index contributed by atoms with van der Waals surface area (Å²) in [4.78, 5) is 26.7. The highest BCUT2D eigenvalue weighted by molar-refractivity contribution is 5.93. The van der Waals surface area contributed by atoms with E-state index < -0.39 is 6.10 Å². The molecule has 8 nitrogen and oxygen atoms in total. The average molecular weight is 415 g/mol. The quantitative estimate of drug-likeness (QED) is 0.714. The molecule has 0 spiro atoms. The van der Waals surface area contributed by atoms with Crippen molar-refractivity contribution in [2.45, 2.75) is 32.5 Å². The van der Waals surface area contributed by atoms with Gasteiger partial charge in [0.2, 0.25) is 0 Å². The fourth-order valence-corrected chi connectivity index (χ4v) is 3.55. The molecule has 1 aliphatic rings. The molecule has 1 aromatic carbocycles. The Bertz CT molecular complexity index is 858. The molecule has 2 heterocycles. The fourth-order valence-electron chi connectivity index (χ4n) is 3.55. The van der Waals surface area contributed by atoms with Gasteiger partial charge in [-0.3, -0.25) is 14.3 Å². The molecular weight excluding hydrogens is 384 g/mol. The Morgan fingerprint density at radius 2 is 2.07 bits per heavy atom. The van der Waals surface area contributed by atoms with Gasteiger partial charge in [-0.1, -0.05) is 12.1 Å². The van der Waals surface area contributed by atoms with E-state index in [0.29, 0.717) is 37.7 Å². The number of carbonyl (C=O) groups excluding carboxylic acids is 2. The second-order valence-electron chi connectivity index (χ2n) is 7.69. The van der Waals surface area contributed by atoms with Crippen molar-refractivity contribution in [1.82, 2.24) is 20.0 Å². The molecule has 3 rings (SSSR count). The van der Waals surface area contributed by atoms with Crippen molar-refractivity contribution < 1.29 is 19.1 Å². The normalized spacial score (nSPS) is 15.6. The number of hydrogen-bond donors (Lipinski definition) is 1. The van der Waals surface area contributed by atoms with Gasteiger partial charge in [-0.25, -0.2) is 0 Å². The summed E-state index contributed by atoms with van der Waals surface area (Å²) in [7, 11) is 3.41. The van der Waals surface area contributed by atoms with Crippen LogP contribution in [-0.4, -0.2) is 59.3 Å². The summed E-state index contributed by atoms with van der Waals surface area (Å²) in [5.41, 5.74) is 1.53. The minimum absolute atomic E-state index is 0.00995. The molecule has 2 amide bonds. The van der Waals surface area contributed by atoms with Gasteiger partial charge in [0.1, 0.15) is 11.9 Å². The Kier molecular flexibility index (Phi) is 7.46. The Morgan fingerprint density at radius 1 is 1.30 bits per heavy atom. The van der Waals surface area contributed by atoms with E-state index in [4.69, 9.17) is 9.47 Å². The van der Waals surface area contributed by atoms with E-state index in [0.717, 1.165) is 24.2 Å². The molecule has 0 saturated carbocycles. The summed E-state index contributed by atoms with van der Waals surface area (Å²) >= 11 is 0. The SMILES string of the molecule is COc1cccc(COC(C)C(=O)N2CCC(CNC(=O)c3cnn(C)c3)CC2)c1. The summed E-state index contributed by atoms with van der Waals surface area (Å²) in [6, 6.07) is 7.64. The number of likely N-dealkylation sites (tertiary alicyclic amines) is 1. The van der Waals surface area contributed by atoms with Crippen LogP contribution in [0.2, 0.25) is 0 Å². The molecular formula is C22H30N4O4. The third kappa shape index (κ3) is 5.82. The van der Waals surface area contributed by atoms with Crippen LogP contribution in [0.25, 0.3) is 0 Å². The lowest BCUT2D eigenvalue weighted by Gasteiger charge is -2.33. The van der Waals surface area contributed by atoms with Crippen LogP contribution < -0.4 is 10.1 Å². The number of nitrogens with zero attached hydrogens (tertiary/aromatic N) is 3. The molecule has 1 saturated heterocycles. The molecule has 0 aliphatic carbocycles. The second-order valence-corrected chi connectivity index (χ2v) is 7.69. The fraction of sp³-hybridized carbons (Fsp3) is 0.500. The molecule has 162 valence electrons. The number of carbonyl (C=O) groups is 2. The number of aryl methyl sites for hydroxylation is 1. The van der Waals surface area contributed by atoms with E-state index in [1.807, 2.05) is 29.2 Å². The predicted molar refractivity (Wildman–Crippen MR) is 112 cm³/mol. The number of ether oxygens (including phenoxy) is 2. The minimum Gasteiger partial charge on any atom is -0.497 e. The first-order valence-corrected chi connectivity index (χ1v) is 10.3. The van der Waals surface area contributed by atoms with Crippen molar-refractivity contribution in [2.24, 2.45) is 13.0 Å². The Balaban J connectivity index is 1.39. The molecule has 1 aromatic heterocycles. The summed E-state index contributed by atoms with van der Waals surface area (Å²) in [6.07, 6.45) is 4.48.